The molecule has 3 aromatic rings. The van der Waals surface area contributed by atoms with Crippen LogP contribution in [0.15, 0.2) is 53.1 Å². The molecular formula is C29H36F3N3O2. The van der Waals surface area contributed by atoms with Gasteiger partial charge in [0.2, 0.25) is 0 Å². The van der Waals surface area contributed by atoms with E-state index in [0.717, 1.165) is 37.0 Å². The third-order valence-electron chi connectivity index (χ3n) is 6.82. The molecule has 0 bridgehead atoms. The summed E-state index contributed by atoms with van der Waals surface area (Å²) in [5, 5.41) is 15.8. The number of rotatable bonds is 15. The zero-order valence-corrected chi connectivity index (χ0v) is 21.6. The predicted molar refractivity (Wildman–Crippen MR) is 136 cm³/mol. The van der Waals surface area contributed by atoms with Gasteiger partial charge in [-0.15, -0.1) is 5.21 Å². The Morgan fingerprint density at radius 2 is 1.41 bits per heavy atom. The fourth-order valence-electron chi connectivity index (χ4n) is 4.49. The van der Waals surface area contributed by atoms with Gasteiger partial charge >= 0.3 is 6.18 Å². The van der Waals surface area contributed by atoms with E-state index >= 15 is 0 Å². The molecule has 0 N–H and O–H groups in total. The number of hydroxylamine groups is 1. The molecule has 2 atom stereocenters. The Labute approximate surface area is 217 Å². The number of alkyl halides is 3. The first kappa shape index (κ1) is 28.9. The molecule has 5 nitrogen and oxygen atoms in total. The third-order valence-corrected chi connectivity index (χ3v) is 6.82. The highest BCUT2D eigenvalue weighted by molar-refractivity contribution is 5.53. The summed E-state index contributed by atoms with van der Waals surface area (Å²) in [6.07, 6.45) is 7.67. The summed E-state index contributed by atoms with van der Waals surface area (Å²) in [5.41, 5.74) is 4.56. The van der Waals surface area contributed by atoms with Crippen LogP contribution in [0.25, 0.3) is 11.5 Å². The van der Waals surface area contributed by atoms with Crippen molar-refractivity contribution < 1.29 is 22.9 Å². The molecule has 3 rings (SSSR count). The van der Waals surface area contributed by atoms with E-state index in [9.17, 15) is 18.4 Å². The van der Waals surface area contributed by atoms with Gasteiger partial charge in [0.25, 0.3) is 5.89 Å². The van der Waals surface area contributed by atoms with Gasteiger partial charge in [0.1, 0.15) is 0 Å². The molecule has 1 heterocycles. The van der Waals surface area contributed by atoms with Crippen molar-refractivity contribution >= 4 is 0 Å². The van der Waals surface area contributed by atoms with E-state index in [1.165, 1.54) is 57.1 Å². The average Bonchev–Trinajstić information content (AvgIpc) is 3.37. The summed E-state index contributed by atoms with van der Waals surface area (Å²) < 4.78 is 44.0. The molecule has 2 aromatic carbocycles. The first-order valence-electron chi connectivity index (χ1n) is 13.3. The molecule has 0 aliphatic heterocycles. The van der Waals surface area contributed by atoms with Crippen LogP contribution in [0.5, 0.6) is 0 Å². The second-order valence-corrected chi connectivity index (χ2v) is 9.67. The molecule has 0 saturated heterocycles. The molecule has 0 saturated carbocycles. The Kier molecular flexibility index (Phi) is 11.1. The zero-order chi connectivity index (χ0) is 26.7. The topological polar surface area (TPSA) is 72.9 Å². The molecule has 0 aliphatic carbocycles. The third kappa shape index (κ3) is 8.68. The van der Waals surface area contributed by atoms with Gasteiger partial charge < -0.3 is 4.52 Å². The standard InChI is InChI=1S/C29H36F3N3O2/c1-3-4-5-6-7-8-9-10-11-12-26-33-28(37-35-26)24-15-13-23(14-16-24)27(34-36)21(2)22-17-19-25(20-18-22)29(30,31)32/h13-21,27H,3-12H2,1-2H3/t21-,27?/m1/s1. The van der Waals surface area contributed by atoms with E-state index in [2.05, 4.69) is 22.5 Å². The lowest BCUT2D eigenvalue weighted by atomic mass is 9.88. The minimum absolute atomic E-state index is 0.392. The van der Waals surface area contributed by atoms with E-state index in [1.807, 2.05) is 0 Å². The number of aryl methyl sites for hydroxylation is 1. The van der Waals surface area contributed by atoms with Gasteiger partial charge in [-0.05, 0) is 41.8 Å². The van der Waals surface area contributed by atoms with Crippen molar-refractivity contribution in [3.05, 3.63) is 71.0 Å². The van der Waals surface area contributed by atoms with Crippen molar-refractivity contribution in [1.82, 2.24) is 15.6 Å². The van der Waals surface area contributed by atoms with Crippen LogP contribution >= 0.6 is 0 Å². The van der Waals surface area contributed by atoms with E-state index in [-0.39, 0.29) is 0 Å². The van der Waals surface area contributed by atoms with Gasteiger partial charge in [-0.3, -0.25) is 0 Å². The van der Waals surface area contributed by atoms with Crippen molar-refractivity contribution in [3.63, 3.8) is 0 Å². The number of hydrogen-bond acceptors (Lipinski definition) is 3. The Hall–Kier alpha value is -2.71. The van der Waals surface area contributed by atoms with Gasteiger partial charge in [-0.25, -0.2) is 0 Å². The van der Waals surface area contributed by atoms with Gasteiger partial charge in [0, 0.05) is 17.9 Å². The second-order valence-electron chi connectivity index (χ2n) is 9.67. The summed E-state index contributed by atoms with van der Waals surface area (Å²) in [4.78, 5) is 4.50. The molecule has 0 spiro atoms. The maximum absolute atomic E-state index is 12.9. The maximum Gasteiger partial charge on any atom is 0.416 e. The first-order chi connectivity index (χ1) is 17.8. The number of aromatic nitrogens is 2. The summed E-state index contributed by atoms with van der Waals surface area (Å²) in [7, 11) is 0. The van der Waals surface area contributed by atoms with E-state index in [4.69, 9.17) is 4.52 Å². The van der Waals surface area contributed by atoms with Crippen molar-refractivity contribution in [2.24, 2.45) is 0 Å². The molecule has 37 heavy (non-hydrogen) atoms. The van der Waals surface area contributed by atoms with Gasteiger partial charge in [-0.1, -0.05) is 100 Å². The smallest absolute Gasteiger partial charge is 0.334 e. The van der Waals surface area contributed by atoms with Gasteiger partial charge in [0.05, 0.1) is 11.6 Å². The highest BCUT2D eigenvalue weighted by Crippen LogP contribution is 2.35. The summed E-state index contributed by atoms with van der Waals surface area (Å²) >= 11 is 0. The van der Waals surface area contributed by atoms with E-state index in [0.29, 0.717) is 22.8 Å². The minimum Gasteiger partial charge on any atom is -0.334 e. The van der Waals surface area contributed by atoms with Crippen molar-refractivity contribution in [3.8, 4) is 11.5 Å². The lowest BCUT2D eigenvalue weighted by molar-refractivity contribution is -0.137. The highest BCUT2D eigenvalue weighted by Gasteiger charge is 2.31. The van der Waals surface area contributed by atoms with Crippen LogP contribution in [0.2, 0.25) is 0 Å². The van der Waals surface area contributed by atoms with Crippen molar-refractivity contribution in [1.29, 1.82) is 0 Å². The minimum atomic E-state index is -4.40. The SMILES string of the molecule is CCCCCCCCCCCc1noc(-c2ccc(C([N][O])[C@H](C)c3ccc(C(F)(F)F)cc3)cc2)n1. The second kappa shape index (κ2) is 14.3. The summed E-state index contributed by atoms with van der Waals surface area (Å²) in [5.74, 6) is 0.714. The largest absolute Gasteiger partial charge is 0.416 e. The van der Waals surface area contributed by atoms with Crippen LogP contribution in [0.1, 0.15) is 106 Å². The van der Waals surface area contributed by atoms with Crippen LogP contribution in [-0.2, 0) is 17.8 Å². The first-order valence-corrected chi connectivity index (χ1v) is 13.3. The van der Waals surface area contributed by atoms with E-state index in [1.54, 1.807) is 31.2 Å². The lowest BCUT2D eigenvalue weighted by Gasteiger charge is -2.21. The summed E-state index contributed by atoms with van der Waals surface area (Å²) in [6.45, 7) is 4.01. The van der Waals surface area contributed by atoms with Crippen LogP contribution in [-0.4, -0.2) is 10.1 Å². The molecule has 2 radical (unpaired) electrons. The Morgan fingerprint density at radius 1 is 0.838 bits per heavy atom. The average molecular weight is 516 g/mol. The van der Waals surface area contributed by atoms with Crippen molar-refractivity contribution in [2.45, 2.75) is 96.2 Å². The molecule has 1 unspecified atom stereocenters. The van der Waals surface area contributed by atoms with Crippen molar-refractivity contribution in [2.75, 3.05) is 0 Å². The molecule has 200 valence electrons. The van der Waals surface area contributed by atoms with Gasteiger partial charge in [0.15, 0.2) is 5.82 Å². The normalized spacial score (nSPS) is 13.6. The monoisotopic (exact) mass is 515 g/mol. The molecule has 1 aromatic heterocycles. The molecular weight excluding hydrogens is 479 g/mol. The molecule has 8 heteroatoms. The Bertz CT molecular complexity index is 1050. The number of nitrogens with zero attached hydrogens (tertiary/aromatic N) is 3. The molecule has 0 fully saturated rings. The van der Waals surface area contributed by atoms with Gasteiger partial charge in [-0.2, -0.15) is 18.2 Å². The van der Waals surface area contributed by atoms with E-state index < -0.39 is 23.7 Å². The molecule has 0 aliphatic rings. The summed E-state index contributed by atoms with van der Waals surface area (Å²) in [6, 6.07) is 11.2. The maximum atomic E-state index is 12.9. The number of hydrogen-bond donors (Lipinski definition) is 0. The lowest BCUT2D eigenvalue weighted by Crippen LogP contribution is -2.17. The van der Waals surface area contributed by atoms with Crippen LogP contribution < -0.4 is 5.48 Å². The zero-order valence-electron chi connectivity index (χ0n) is 21.6. The van der Waals surface area contributed by atoms with Crippen LogP contribution in [0, 0.1) is 0 Å². The fourth-order valence-corrected chi connectivity index (χ4v) is 4.49. The van der Waals surface area contributed by atoms with Crippen LogP contribution in [0.4, 0.5) is 13.2 Å². The fraction of sp³-hybridized carbons (Fsp3) is 0.517. The quantitative estimate of drug-likeness (QED) is 0.150. The number of unbranched alkanes of at least 4 members (excludes halogenated alkanes) is 8. The Balaban J connectivity index is 1.51. The highest BCUT2D eigenvalue weighted by atomic mass is 19.4. The Morgan fingerprint density at radius 3 is 1.97 bits per heavy atom. The predicted octanol–water partition coefficient (Wildman–Crippen LogP) is 8.62. The molecule has 0 amide bonds. The van der Waals surface area contributed by atoms with Crippen LogP contribution in [0.3, 0.4) is 0 Å². The number of halogens is 3. The number of benzene rings is 2.